The van der Waals surface area contributed by atoms with Crippen LogP contribution in [0.4, 0.5) is 0 Å². The topological polar surface area (TPSA) is 57.6 Å². The van der Waals surface area contributed by atoms with Gasteiger partial charge in [0.15, 0.2) is 0 Å². The number of hydrogen-bond donors (Lipinski definition) is 1. The maximum Gasteiger partial charge on any atom is 0.326 e. The standard InChI is InChI=1S/C15H16ClNO3/c16-11-5-3-10(4-6-11)15(7-8-15)14(20)17-9-1-2-12(17)13(18)19/h3-6,12H,1-2,7-9H2,(H,18,19)/t12-/m0/s1. The molecule has 0 aromatic heterocycles. The molecular weight excluding hydrogens is 278 g/mol. The highest BCUT2D eigenvalue weighted by molar-refractivity contribution is 6.30. The first-order valence-corrected chi connectivity index (χ1v) is 7.22. The summed E-state index contributed by atoms with van der Waals surface area (Å²) in [4.78, 5) is 25.5. The van der Waals surface area contributed by atoms with Crippen molar-refractivity contribution in [1.82, 2.24) is 4.90 Å². The van der Waals surface area contributed by atoms with E-state index >= 15 is 0 Å². The van der Waals surface area contributed by atoms with E-state index in [0.29, 0.717) is 18.0 Å². The molecule has 0 radical (unpaired) electrons. The summed E-state index contributed by atoms with van der Waals surface area (Å²) < 4.78 is 0. The van der Waals surface area contributed by atoms with Gasteiger partial charge in [0, 0.05) is 11.6 Å². The Kier molecular flexibility index (Phi) is 3.21. The second-order valence-corrected chi connectivity index (χ2v) is 6.02. The molecule has 2 aliphatic rings. The van der Waals surface area contributed by atoms with Crippen molar-refractivity contribution < 1.29 is 14.7 Å². The molecule has 1 aliphatic carbocycles. The number of hydrogen-bond acceptors (Lipinski definition) is 2. The first-order valence-electron chi connectivity index (χ1n) is 6.84. The first-order chi connectivity index (χ1) is 9.54. The van der Waals surface area contributed by atoms with E-state index in [2.05, 4.69) is 0 Å². The third-order valence-electron chi connectivity index (χ3n) is 4.35. The molecule has 3 rings (SSSR count). The van der Waals surface area contributed by atoms with Crippen LogP contribution < -0.4 is 0 Å². The van der Waals surface area contributed by atoms with Crippen LogP contribution in [0.2, 0.25) is 5.02 Å². The molecule has 0 spiro atoms. The van der Waals surface area contributed by atoms with Crippen LogP contribution in [0, 0.1) is 0 Å². The molecule has 1 amide bonds. The van der Waals surface area contributed by atoms with Crippen molar-refractivity contribution in [1.29, 1.82) is 0 Å². The number of rotatable bonds is 3. The Bertz CT molecular complexity index is 551. The van der Waals surface area contributed by atoms with Gasteiger partial charge in [-0.15, -0.1) is 0 Å². The van der Waals surface area contributed by atoms with Crippen molar-refractivity contribution >= 4 is 23.5 Å². The van der Waals surface area contributed by atoms with Crippen LogP contribution in [-0.4, -0.2) is 34.5 Å². The maximum atomic E-state index is 12.8. The number of carbonyl (C=O) groups excluding carboxylic acids is 1. The molecule has 2 fully saturated rings. The van der Waals surface area contributed by atoms with E-state index in [0.717, 1.165) is 24.8 Å². The summed E-state index contributed by atoms with van der Waals surface area (Å²) in [5.74, 6) is -0.938. The van der Waals surface area contributed by atoms with Gasteiger partial charge >= 0.3 is 5.97 Å². The predicted molar refractivity (Wildman–Crippen MR) is 74.7 cm³/mol. The quantitative estimate of drug-likeness (QED) is 0.931. The minimum atomic E-state index is -0.900. The minimum Gasteiger partial charge on any atom is -0.480 e. The molecule has 4 nitrogen and oxygen atoms in total. The fraction of sp³-hybridized carbons (Fsp3) is 0.467. The lowest BCUT2D eigenvalue weighted by Crippen LogP contribution is -2.45. The zero-order chi connectivity index (χ0) is 14.3. The molecule has 1 saturated carbocycles. The number of halogens is 1. The Labute approximate surface area is 122 Å². The molecule has 1 aliphatic heterocycles. The first kappa shape index (κ1) is 13.4. The summed E-state index contributed by atoms with van der Waals surface area (Å²) in [6.45, 7) is 0.547. The summed E-state index contributed by atoms with van der Waals surface area (Å²) in [6, 6.07) is 6.65. The van der Waals surface area contributed by atoms with Gasteiger partial charge in [-0.25, -0.2) is 4.79 Å². The lowest BCUT2D eigenvalue weighted by atomic mass is 9.94. The Morgan fingerprint density at radius 1 is 1.25 bits per heavy atom. The lowest BCUT2D eigenvalue weighted by molar-refractivity contribution is -0.149. The van der Waals surface area contributed by atoms with Crippen LogP contribution in [0.5, 0.6) is 0 Å². The van der Waals surface area contributed by atoms with E-state index < -0.39 is 17.4 Å². The van der Waals surface area contributed by atoms with Gasteiger partial charge in [-0.3, -0.25) is 4.79 Å². The highest BCUT2D eigenvalue weighted by Crippen LogP contribution is 2.50. The van der Waals surface area contributed by atoms with Gasteiger partial charge in [-0.1, -0.05) is 23.7 Å². The second-order valence-electron chi connectivity index (χ2n) is 5.58. The van der Waals surface area contributed by atoms with E-state index in [-0.39, 0.29) is 5.91 Å². The summed E-state index contributed by atoms with van der Waals surface area (Å²) in [6.07, 6.45) is 2.89. The zero-order valence-electron chi connectivity index (χ0n) is 11.0. The number of carboxylic acids is 1. The Balaban J connectivity index is 1.86. The number of carbonyl (C=O) groups is 2. The van der Waals surface area contributed by atoms with Crippen LogP contribution in [0.3, 0.4) is 0 Å². The predicted octanol–water partition coefficient (Wildman–Crippen LogP) is 2.45. The fourth-order valence-corrected chi connectivity index (χ4v) is 3.19. The van der Waals surface area contributed by atoms with Crippen LogP contribution >= 0.6 is 11.6 Å². The molecule has 1 saturated heterocycles. The van der Waals surface area contributed by atoms with Crippen molar-refractivity contribution in [2.45, 2.75) is 37.1 Å². The van der Waals surface area contributed by atoms with E-state index in [9.17, 15) is 14.7 Å². The average Bonchev–Trinajstić information content (AvgIpc) is 3.08. The van der Waals surface area contributed by atoms with Crippen LogP contribution in [0.25, 0.3) is 0 Å². The molecule has 20 heavy (non-hydrogen) atoms. The van der Waals surface area contributed by atoms with Crippen molar-refractivity contribution in [3.8, 4) is 0 Å². The molecule has 0 unspecified atom stereocenters. The van der Waals surface area contributed by atoms with Gasteiger partial charge in [0.05, 0.1) is 5.41 Å². The molecule has 1 N–H and O–H groups in total. The number of amides is 1. The van der Waals surface area contributed by atoms with Gasteiger partial charge in [-0.2, -0.15) is 0 Å². The molecule has 0 bridgehead atoms. The number of likely N-dealkylation sites (tertiary alicyclic amines) is 1. The van der Waals surface area contributed by atoms with Gasteiger partial charge in [0.1, 0.15) is 6.04 Å². The monoisotopic (exact) mass is 293 g/mol. The third kappa shape index (κ3) is 2.08. The minimum absolute atomic E-state index is 0.0373. The van der Waals surface area contributed by atoms with Gasteiger partial charge < -0.3 is 10.0 Å². The Morgan fingerprint density at radius 3 is 2.45 bits per heavy atom. The number of nitrogens with zero attached hydrogens (tertiary/aromatic N) is 1. The molecule has 1 aromatic rings. The summed E-state index contributed by atoms with van der Waals surface area (Å²) in [5, 5.41) is 9.85. The summed E-state index contributed by atoms with van der Waals surface area (Å²) in [7, 11) is 0. The normalized spacial score (nSPS) is 23.6. The van der Waals surface area contributed by atoms with Crippen LogP contribution in [0.1, 0.15) is 31.2 Å². The molecule has 1 heterocycles. The number of carboxylic acid groups (broad SMARTS) is 1. The van der Waals surface area contributed by atoms with Crippen molar-refractivity contribution in [2.75, 3.05) is 6.54 Å². The SMILES string of the molecule is O=C(O)[C@@H]1CCCN1C(=O)C1(c2ccc(Cl)cc2)CC1. The van der Waals surface area contributed by atoms with Crippen LogP contribution in [0.15, 0.2) is 24.3 Å². The van der Waals surface area contributed by atoms with Gasteiger partial charge in [0.2, 0.25) is 5.91 Å². The zero-order valence-corrected chi connectivity index (χ0v) is 11.8. The number of aliphatic carboxylic acids is 1. The second kappa shape index (κ2) is 4.77. The summed E-state index contributed by atoms with van der Waals surface area (Å²) in [5.41, 5.74) is 0.436. The van der Waals surface area contributed by atoms with Crippen molar-refractivity contribution in [3.63, 3.8) is 0 Å². The van der Waals surface area contributed by atoms with E-state index in [1.54, 1.807) is 17.0 Å². The smallest absolute Gasteiger partial charge is 0.326 e. The summed E-state index contributed by atoms with van der Waals surface area (Å²) >= 11 is 5.88. The van der Waals surface area contributed by atoms with Crippen molar-refractivity contribution in [3.05, 3.63) is 34.9 Å². The Morgan fingerprint density at radius 2 is 1.90 bits per heavy atom. The van der Waals surface area contributed by atoms with Gasteiger partial charge in [0.25, 0.3) is 0 Å². The molecule has 106 valence electrons. The Hall–Kier alpha value is -1.55. The highest BCUT2D eigenvalue weighted by Gasteiger charge is 2.55. The average molecular weight is 294 g/mol. The number of benzene rings is 1. The lowest BCUT2D eigenvalue weighted by Gasteiger charge is -2.27. The van der Waals surface area contributed by atoms with E-state index in [1.807, 2.05) is 12.1 Å². The van der Waals surface area contributed by atoms with Crippen molar-refractivity contribution in [2.24, 2.45) is 0 Å². The fourth-order valence-electron chi connectivity index (χ4n) is 3.06. The molecule has 1 aromatic carbocycles. The third-order valence-corrected chi connectivity index (χ3v) is 4.61. The van der Waals surface area contributed by atoms with E-state index in [4.69, 9.17) is 11.6 Å². The van der Waals surface area contributed by atoms with Crippen LogP contribution in [-0.2, 0) is 15.0 Å². The largest absolute Gasteiger partial charge is 0.480 e. The maximum absolute atomic E-state index is 12.8. The molecular formula is C15H16ClNO3. The van der Waals surface area contributed by atoms with Gasteiger partial charge in [-0.05, 0) is 43.4 Å². The van der Waals surface area contributed by atoms with E-state index in [1.165, 1.54) is 0 Å². The highest BCUT2D eigenvalue weighted by atomic mass is 35.5. The molecule has 5 heteroatoms. The molecule has 1 atom stereocenters.